The van der Waals surface area contributed by atoms with Crippen molar-refractivity contribution in [2.75, 3.05) is 18.8 Å². The zero-order valence-electron chi connectivity index (χ0n) is 14.4. The number of carbonyl (C=O) groups is 2. The summed E-state index contributed by atoms with van der Waals surface area (Å²) in [5.41, 5.74) is 1.11. The molecule has 1 aliphatic heterocycles. The van der Waals surface area contributed by atoms with Crippen LogP contribution in [0.1, 0.15) is 5.56 Å². The quantitative estimate of drug-likeness (QED) is 0.497. The summed E-state index contributed by atoms with van der Waals surface area (Å²) in [6.07, 6.45) is 1.60. The summed E-state index contributed by atoms with van der Waals surface area (Å²) in [5.74, 6) is 1.60. The Kier molecular flexibility index (Phi) is 4.93. The maximum Gasteiger partial charge on any atom is 0.324 e. The fourth-order valence-corrected chi connectivity index (χ4v) is 3.66. The molecular formula is C18H17N5O3S. The Morgan fingerprint density at radius 1 is 1.11 bits per heavy atom. The molecule has 0 unspecified atom stereocenters. The Morgan fingerprint density at radius 2 is 1.96 bits per heavy atom. The maximum atomic E-state index is 11.7. The number of amides is 3. The number of carbonyl (C=O) groups excluding carboxylic acids is 2. The average Bonchev–Trinajstić information content (AvgIpc) is 3.40. The molecule has 3 amide bonds. The molecule has 8 nitrogen and oxygen atoms in total. The predicted molar refractivity (Wildman–Crippen MR) is 99.1 cm³/mol. The number of aromatic nitrogens is 3. The molecule has 1 aromatic carbocycles. The summed E-state index contributed by atoms with van der Waals surface area (Å²) in [6, 6.07) is 13.3. The molecule has 1 fully saturated rings. The number of hydrogen-bond donors (Lipinski definition) is 1. The van der Waals surface area contributed by atoms with E-state index in [1.165, 1.54) is 16.7 Å². The third kappa shape index (κ3) is 3.72. The van der Waals surface area contributed by atoms with Crippen LogP contribution in [0, 0.1) is 0 Å². The number of imide groups is 1. The maximum absolute atomic E-state index is 11.7. The predicted octanol–water partition coefficient (Wildman–Crippen LogP) is 2.23. The van der Waals surface area contributed by atoms with Gasteiger partial charge in [-0.05, 0) is 17.7 Å². The largest absolute Gasteiger partial charge is 0.461 e. The lowest BCUT2D eigenvalue weighted by Crippen LogP contribution is -2.32. The van der Waals surface area contributed by atoms with Crippen molar-refractivity contribution in [3.63, 3.8) is 0 Å². The van der Waals surface area contributed by atoms with Crippen molar-refractivity contribution in [2.45, 2.75) is 11.7 Å². The topological polar surface area (TPSA) is 93.3 Å². The summed E-state index contributed by atoms with van der Waals surface area (Å²) in [6.45, 7) is 0.981. The van der Waals surface area contributed by atoms with Crippen molar-refractivity contribution in [3.8, 4) is 11.6 Å². The molecule has 1 saturated heterocycles. The number of rotatable bonds is 7. The van der Waals surface area contributed by atoms with Crippen LogP contribution in [0.3, 0.4) is 0 Å². The Bertz CT molecular complexity index is 923. The van der Waals surface area contributed by atoms with Crippen LogP contribution in [0.25, 0.3) is 11.6 Å². The van der Waals surface area contributed by atoms with E-state index in [0.29, 0.717) is 35.6 Å². The normalized spacial score (nSPS) is 14.0. The highest BCUT2D eigenvalue weighted by atomic mass is 32.2. The van der Waals surface area contributed by atoms with Crippen molar-refractivity contribution in [1.29, 1.82) is 0 Å². The summed E-state index contributed by atoms with van der Waals surface area (Å²) < 4.78 is 7.46. The number of nitrogens with one attached hydrogen (secondary N) is 1. The van der Waals surface area contributed by atoms with Gasteiger partial charge in [-0.1, -0.05) is 42.1 Å². The van der Waals surface area contributed by atoms with E-state index in [0.717, 1.165) is 5.56 Å². The Hall–Kier alpha value is -3.07. The number of furan rings is 1. The first-order valence-electron chi connectivity index (χ1n) is 8.44. The zero-order chi connectivity index (χ0) is 18.6. The van der Waals surface area contributed by atoms with Gasteiger partial charge in [0.25, 0.3) is 0 Å². The van der Waals surface area contributed by atoms with Gasteiger partial charge in [0, 0.05) is 12.3 Å². The van der Waals surface area contributed by atoms with E-state index in [1.807, 2.05) is 41.0 Å². The minimum atomic E-state index is -0.345. The highest BCUT2D eigenvalue weighted by Crippen LogP contribution is 2.25. The van der Waals surface area contributed by atoms with E-state index in [4.69, 9.17) is 4.42 Å². The van der Waals surface area contributed by atoms with Gasteiger partial charge in [0.2, 0.25) is 11.7 Å². The number of thioether (sulfide) groups is 1. The van der Waals surface area contributed by atoms with E-state index in [9.17, 15) is 9.59 Å². The second kappa shape index (κ2) is 7.67. The van der Waals surface area contributed by atoms with E-state index in [2.05, 4.69) is 15.5 Å². The third-order valence-electron chi connectivity index (χ3n) is 4.13. The number of nitrogens with zero attached hydrogens (tertiary/aromatic N) is 4. The van der Waals surface area contributed by atoms with Crippen LogP contribution in [0.5, 0.6) is 0 Å². The summed E-state index contributed by atoms with van der Waals surface area (Å²) in [5, 5.41) is 11.8. The van der Waals surface area contributed by atoms with Gasteiger partial charge < -0.3 is 9.73 Å². The van der Waals surface area contributed by atoms with Crippen molar-refractivity contribution < 1.29 is 14.0 Å². The van der Waals surface area contributed by atoms with E-state index < -0.39 is 0 Å². The molecule has 0 radical (unpaired) electrons. The lowest BCUT2D eigenvalue weighted by atomic mass is 10.2. The fourth-order valence-electron chi connectivity index (χ4n) is 2.80. The van der Waals surface area contributed by atoms with Gasteiger partial charge in [0.05, 0.1) is 19.4 Å². The lowest BCUT2D eigenvalue weighted by Gasteiger charge is -2.12. The Labute approximate surface area is 159 Å². The van der Waals surface area contributed by atoms with Crippen LogP contribution >= 0.6 is 11.8 Å². The van der Waals surface area contributed by atoms with Gasteiger partial charge in [0.15, 0.2) is 10.9 Å². The Balaban J connectivity index is 1.53. The molecule has 3 aromatic rings. The summed E-state index contributed by atoms with van der Waals surface area (Å²) >= 11 is 1.45. The molecule has 0 aliphatic carbocycles. The standard InChI is InChI=1S/C18H17N5O3S/c24-15-11-19-17(25)22(15)8-10-27-18-21-20-16(14-7-4-9-26-14)23(18)12-13-5-2-1-3-6-13/h1-7,9H,8,10-12H2,(H,19,25). The number of hydrogen-bond acceptors (Lipinski definition) is 6. The molecule has 27 heavy (non-hydrogen) atoms. The highest BCUT2D eigenvalue weighted by Gasteiger charge is 2.28. The second-order valence-electron chi connectivity index (χ2n) is 5.91. The molecule has 9 heteroatoms. The van der Waals surface area contributed by atoms with Crippen LogP contribution in [-0.2, 0) is 11.3 Å². The summed E-state index contributed by atoms with van der Waals surface area (Å²) in [4.78, 5) is 24.5. The second-order valence-corrected chi connectivity index (χ2v) is 6.97. The number of urea groups is 1. The van der Waals surface area contributed by atoms with Gasteiger partial charge >= 0.3 is 6.03 Å². The SMILES string of the molecule is O=C1CNC(=O)N1CCSc1nnc(-c2ccco2)n1Cc1ccccc1. The van der Waals surface area contributed by atoms with E-state index in [1.54, 1.807) is 12.3 Å². The Morgan fingerprint density at radius 3 is 2.67 bits per heavy atom. The van der Waals surface area contributed by atoms with Crippen LogP contribution < -0.4 is 5.32 Å². The van der Waals surface area contributed by atoms with Crippen molar-refractivity contribution in [2.24, 2.45) is 0 Å². The molecule has 0 saturated carbocycles. The first-order valence-corrected chi connectivity index (χ1v) is 9.43. The smallest absolute Gasteiger partial charge is 0.324 e. The van der Waals surface area contributed by atoms with Gasteiger partial charge in [0.1, 0.15) is 0 Å². The molecule has 0 spiro atoms. The first-order chi connectivity index (χ1) is 13.2. The molecule has 138 valence electrons. The molecule has 0 bridgehead atoms. The van der Waals surface area contributed by atoms with Crippen LogP contribution in [0.15, 0.2) is 58.3 Å². The van der Waals surface area contributed by atoms with Crippen molar-refractivity contribution in [3.05, 3.63) is 54.3 Å². The molecule has 1 aliphatic rings. The van der Waals surface area contributed by atoms with Crippen LogP contribution in [-0.4, -0.2) is 50.4 Å². The zero-order valence-corrected chi connectivity index (χ0v) is 15.2. The van der Waals surface area contributed by atoms with Crippen molar-refractivity contribution >= 4 is 23.7 Å². The molecule has 2 aromatic heterocycles. The number of benzene rings is 1. The minimum absolute atomic E-state index is 0.0658. The first kappa shape index (κ1) is 17.3. The summed E-state index contributed by atoms with van der Waals surface area (Å²) in [7, 11) is 0. The highest BCUT2D eigenvalue weighted by molar-refractivity contribution is 7.99. The minimum Gasteiger partial charge on any atom is -0.461 e. The lowest BCUT2D eigenvalue weighted by molar-refractivity contribution is -0.124. The average molecular weight is 383 g/mol. The van der Waals surface area contributed by atoms with Gasteiger partial charge in [-0.2, -0.15) is 0 Å². The van der Waals surface area contributed by atoms with Crippen LogP contribution in [0.2, 0.25) is 0 Å². The third-order valence-corrected chi connectivity index (χ3v) is 5.07. The van der Waals surface area contributed by atoms with E-state index in [-0.39, 0.29) is 18.5 Å². The molecule has 3 heterocycles. The molecular weight excluding hydrogens is 366 g/mol. The van der Waals surface area contributed by atoms with E-state index >= 15 is 0 Å². The fraction of sp³-hybridized carbons (Fsp3) is 0.222. The van der Waals surface area contributed by atoms with Crippen LogP contribution in [0.4, 0.5) is 4.79 Å². The molecule has 1 N–H and O–H groups in total. The van der Waals surface area contributed by atoms with Gasteiger partial charge in [-0.3, -0.25) is 14.3 Å². The van der Waals surface area contributed by atoms with Crippen molar-refractivity contribution in [1.82, 2.24) is 25.0 Å². The van der Waals surface area contributed by atoms with Gasteiger partial charge in [-0.15, -0.1) is 10.2 Å². The monoisotopic (exact) mass is 383 g/mol. The molecule has 4 rings (SSSR count). The van der Waals surface area contributed by atoms with Gasteiger partial charge in [-0.25, -0.2) is 4.79 Å². The molecule has 0 atom stereocenters.